The molecule has 20 heavy (non-hydrogen) atoms. The number of carbonyl (C=O) groups excluding carboxylic acids is 1. The Balaban J connectivity index is 1.88. The van der Waals surface area contributed by atoms with E-state index in [0.29, 0.717) is 19.1 Å². The first-order valence-corrected chi connectivity index (χ1v) is 7.71. The molecule has 1 saturated carbocycles. The molecule has 3 rings (SSSR count). The molecule has 1 saturated heterocycles. The summed E-state index contributed by atoms with van der Waals surface area (Å²) in [5.41, 5.74) is 1.68. The zero-order valence-electron chi connectivity index (χ0n) is 12.5. The first-order valence-electron chi connectivity index (χ1n) is 7.71. The van der Waals surface area contributed by atoms with Gasteiger partial charge in [0, 0.05) is 11.0 Å². The number of rotatable bonds is 1. The predicted octanol–water partition coefficient (Wildman–Crippen LogP) is 3.26. The van der Waals surface area contributed by atoms with Gasteiger partial charge in [0.05, 0.1) is 13.2 Å². The molecule has 0 aromatic rings. The summed E-state index contributed by atoms with van der Waals surface area (Å²) in [5.74, 6) is 1.03. The van der Waals surface area contributed by atoms with Crippen LogP contribution in [-0.2, 0) is 14.3 Å². The van der Waals surface area contributed by atoms with Crippen molar-refractivity contribution in [1.82, 2.24) is 0 Å². The number of ether oxygens (including phenoxy) is 2. The van der Waals surface area contributed by atoms with E-state index in [1.165, 1.54) is 5.57 Å². The van der Waals surface area contributed by atoms with E-state index < -0.39 is 6.29 Å². The Labute approximate surface area is 121 Å². The molecule has 3 atom stereocenters. The van der Waals surface area contributed by atoms with Crippen LogP contribution in [0.25, 0.3) is 0 Å². The van der Waals surface area contributed by atoms with Crippen molar-refractivity contribution in [3.63, 3.8) is 0 Å². The van der Waals surface area contributed by atoms with Gasteiger partial charge in [-0.15, -0.1) is 0 Å². The minimum atomic E-state index is -0.443. The molecule has 1 heterocycles. The monoisotopic (exact) mass is 276 g/mol. The first-order chi connectivity index (χ1) is 9.54. The van der Waals surface area contributed by atoms with Gasteiger partial charge in [-0.05, 0) is 37.5 Å². The summed E-state index contributed by atoms with van der Waals surface area (Å²) in [6, 6.07) is 0. The third-order valence-corrected chi connectivity index (χ3v) is 5.38. The summed E-state index contributed by atoms with van der Waals surface area (Å²) >= 11 is 0. The molecule has 0 aromatic heterocycles. The molecule has 110 valence electrons. The van der Waals surface area contributed by atoms with Gasteiger partial charge >= 0.3 is 0 Å². The van der Waals surface area contributed by atoms with Crippen LogP contribution in [0, 0.1) is 17.3 Å². The van der Waals surface area contributed by atoms with Crippen LogP contribution in [0.2, 0.25) is 0 Å². The molecule has 0 unspecified atom stereocenters. The van der Waals surface area contributed by atoms with Gasteiger partial charge in [0.25, 0.3) is 0 Å². The Morgan fingerprint density at radius 1 is 1.35 bits per heavy atom. The molecular weight excluding hydrogens is 252 g/mol. The Morgan fingerprint density at radius 2 is 2.05 bits per heavy atom. The topological polar surface area (TPSA) is 35.5 Å². The van der Waals surface area contributed by atoms with Gasteiger partial charge in [-0.1, -0.05) is 32.1 Å². The SMILES string of the molecule is C=C1[C@@H](C)CC[C@]2(C)C(=O)C(C3OCCCO3)=CC[C@@H]12. The fourth-order valence-corrected chi connectivity index (χ4v) is 3.85. The van der Waals surface area contributed by atoms with Crippen molar-refractivity contribution in [3.8, 4) is 0 Å². The summed E-state index contributed by atoms with van der Waals surface area (Å²) in [7, 11) is 0. The molecule has 3 nitrogen and oxygen atoms in total. The van der Waals surface area contributed by atoms with E-state index in [4.69, 9.17) is 9.47 Å². The maximum Gasteiger partial charge on any atom is 0.186 e. The van der Waals surface area contributed by atoms with Crippen LogP contribution < -0.4 is 0 Å². The van der Waals surface area contributed by atoms with Gasteiger partial charge in [0.2, 0.25) is 0 Å². The van der Waals surface area contributed by atoms with Crippen molar-refractivity contribution in [2.75, 3.05) is 13.2 Å². The molecule has 3 aliphatic rings. The van der Waals surface area contributed by atoms with E-state index in [9.17, 15) is 4.79 Å². The lowest BCUT2D eigenvalue weighted by atomic mass is 9.56. The lowest BCUT2D eigenvalue weighted by Crippen LogP contribution is -2.47. The maximum absolute atomic E-state index is 13.0. The van der Waals surface area contributed by atoms with Crippen molar-refractivity contribution in [1.29, 1.82) is 0 Å². The number of hydrogen-bond donors (Lipinski definition) is 0. The minimum Gasteiger partial charge on any atom is -0.348 e. The van der Waals surface area contributed by atoms with E-state index in [2.05, 4.69) is 20.4 Å². The summed E-state index contributed by atoms with van der Waals surface area (Å²) in [6.07, 6.45) is 5.39. The maximum atomic E-state index is 13.0. The van der Waals surface area contributed by atoms with Crippen LogP contribution in [0.5, 0.6) is 0 Å². The highest BCUT2D eigenvalue weighted by molar-refractivity contribution is 6.01. The first kappa shape index (κ1) is 14.0. The number of fused-ring (bicyclic) bond motifs is 1. The number of allylic oxidation sites excluding steroid dienone is 2. The van der Waals surface area contributed by atoms with Gasteiger partial charge < -0.3 is 9.47 Å². The van der Waals surface area contributed by atoms with Crippen LogP contribution in [0.15, 0.2) is 23.8 Å². The fourth-order valence-electron chi connectivity index (χ4n) is 3.85. The highest BCUT2D eigenvalue weighted by Gasteiger charge is 2.50. The van der Waals surface area contributed by atoms with Crippen molar-refractivity contribution < 1.29 is 14.3 Å². The van der Waals surface area contributed by atoms with E-state index in [0.717, 1.165) is 31.3 Å². The quantitative estimate of drug-likeness (QED) is 0.690. The zero-order valence-corrected chi connectivity index (χ0v) is 12.5. The Morgan fingerprint density at radius 3 is 2.75 bits per heavy atom. The van der Waals surface area contributed by atoms with Crippen LogP contribution in [-0.4, -0.2) is 25.3 Å². The lowest BCUT2D eigenvalue weighted by molar-refractivity contribution is -0.165. The smallest absolute Gasteiger partial charge is 0.186 e. The standard InChI is InChI=1S/C17H24O3/c1-11-7-8-17(3)14(12(11)2)6-5-13(15(17)18)16-19-9-4-10-20-16/h5,11,14,16H,2,4,6-10H2,1,3H3/t11-,14-,17-/m0/s1. The van der Waals surface area contributed by atoms with E-state index >= 15 is 0 Å². The number of hydrogen-bond acceptors (Lipinski definition) is 3. The zero-order chi connectivity index (χ0) is 14.3. The van der Waals surface area contributed by atoms with Crippen LogP contribution in [0.3, 0.4) is 0 Å². The Bertz CT molecular complexity index is 459. The second-order valence-corrected chi connectivity index (χ2v) is 6.64. The largest absolute Gasteiger partial charge is 0.348 e. The van der Waals surface area contributed by atoms with Gasteiger partial charge in [-0.3, -0.25) is 4.79 Å². The third-order valence-electron chi connectivity index (χ3n) is 5.38. The summed E-state index contributed by atoms with van der Waals surface area (Å²) < 4.78 is 11.3. The highest BCUT2D eigenvalue weighted by atomic mass is 16.7. The molecule has 3 heteroatoms. The normalized spacial score (nSPS) is 39.4. The minimum absolute atomic E-state index is 0.216. The molecule has 0 aromatic carbocycles. The summed E-state index contributed by atoms with van der Waals surface area (Å²) in [6.45, 7) is 9.94. The second kappa shape index (κ2) is 5.12. The van der Waals surface area contributed by atoms with Crippen molar-refractivity contribution in [3.05, 3.63) is 23.8 Å². The molecule has 0 spiro atoms. The average Bonchev–Trinajstić information content (AvgIpc) is 2.47. The fraction of sp³-hybridized carbons (Fsp3) is 0.706. The molecule has 0 N–H and O–H groups in total. The average molecular weight is 276 g/mol. The van der Waals surface area contributed by atoms with Crippen molar-refractivity contribution >= 4 is 5.78 Å². The summed E-state index contributed by atoms with van der Waals surface area (Å²) in [5, 5.41) is 0. The molecule has 2 fully saturated rings. The van der Waals surface area contributed by atoms with Gasteiger partial charge in [-0.25, -0.2) is 0 Å². The molecular formula is C17H24O3. The molecule has 0 amide bonds. The van der Waals surface area contributed by atoms with Crippen LogP contribution in [0.4, 0.5) is 0 Å². The van der Waals surface area contributed by atoms with E-state index in [1.54, 1.807) is 0 Å². The number of Topliss-reactive ketones (excluding diaryl/α,β-unsaturated/α-hetero) is 1. The van der Waals surface area contributed by atoms with Crippen molar-refractivity contribution in [2.24, 2.45) is 17.3 Å². The predicted molar refractivity (Wildman–Crippen MR) is 77.2 cm³/mol. The molecule has 0 radical (unpaired) electrons. The number of ketones is 1. The van der Waals surface area contributed by atoms with E-state index in [-0.39, 0.29) is 17.1 Å². The second-order valence-electron chi connectivity index (χ2n) is 6.64. The Hall–Kier alpha value is -0.930. The highest BCUT2D eigenvalue weighted by Crippen LogP contribution is 2.52. The molecule has 0 bridgehead atoms. The molecule has 1 aliphatic heterocycles. The lowest BCUT2D eigenvalue weighted by Gasteiger charge is -2.47. The van der Waals surface area contributed by atoms with Gasteiger partial charge in [0.1, 0.15) is 0 Å². The van der Waals surface area contributed by atoms with Gasteiger partial charge in [-0.2, -0.15) is 0 Å². The Kier molecular flexibility index (Phi) is 3.59. The molecule has 2 aliphatic carbocycles. The van der Waals surface area contributed by atoms with Crippen molar-refractivity contribution in [2.45, 2.75) is 45.8 Å². The number of carbonyl (C=O) groups is 1. The summed E-state index contributed by atoms with van der Waals surface area (Å²) in [4.78, 5) is 13.0. The van der Waals surface area contributed by atoms with E-state index in [1.807, 2.05) is 6.08 Å². The van der Waals surface area contributed by atoms with Crippen LogP contribution in [0.1, 0.15) is 39.5 Å². The van der Waals surface area contributed by atoms with Gasteiger partial charge in [0.15, 0.2) is 12.1 Å². The third kappa shape index (κ3) is 2.08. The van der Waals surface area contributed by atoms with Crippen LogP contribution >= 0.6 is 0 Å².